The summed E-state index contributed by atoms with van der Waals surface area (Å²) in [6.07, 6.45) is 8.80. The Balaban J connectivity index is 1.00. The molecule has 0 radical (unpaired) electrons. The number of rotatable bonds is 6. The summed E-state index contributed by atoms with van der Waals surface area (Å²) in [5.74, 6) is 0. The van der Waals surface area contributed by atoms with Gasteiger partial charge in [0.1, 0.15) is 17.2 Å². The third-order valence-corrected chi connectivity index (χ3v) is 10.7. The van der Waals surface area contributed by atoms with Crippen molar-refractivity contribution in [1.29, 1.82) is 5.26 Å². The van der Waals surface area contributed by atoms with Crippen molar-refractivity contribution in [3.05, 3.63) is 182 Å². The van der Waals surface area contributed by atoms with Gasteiger partial charge in [0.05, 0.1) is 40.4 Å². The fourth-order valence-corrected chi connectivity index (χ4v) is 7.81. The molecule has 0 unspecified atom stereocenters. The van der Waals surface area contributed by atoms with Gasteiger partial charge >= 0.3 is 0 Å². The molecule has 11 aromatic rings. The van der Waals surface area contributed by atoms with Crippen molar-refractivity contribution < 1.29 is 4.42 Å². The van der Waals surface area contributed by atoms with Crippen molar-refractivity contribution in [2.45, 2.75) is 0 Å². The SMILES string of the molecule is N#Cc1cnc2c(oc3ccccc32)c1-c1ccc2cc(N(c3ccc(-c4ccc5ccncc5n4)cc3)c3ccc(-c4ccc5ccncc5n4)cc3)ccc2c1. The van der Waals surface area contributed by atoms with Gasteiger partial charge in [0, 0.05) is 68.5 Å². The Morgan fingerprint density at radius 3 is 1.74 bits per heavy atom. The van der Waals surface area contributed by atoms with Gasteiger partial charge in [0.25, 0.3) is 0 Å². The second-order valence-electron chi connectivity index (χ2n) is 14.1. The first kappa shape index (κ1) is 33.1. The molecule has 0 atom stereocenters. The molecule has 6 heterocycles. The second-order valence-corrected chi connectivity index (χ2v) is 14.1. The molecule has 8 nitrogen and oxygen atoms in total. The number of nitrogens with zero attached hydrogens (tertiary/aromatic N) is 7. The summed E-state index contributed by atoms with van der Waals surface area (Å²) in [5.41, 5.74) is 12.7. The van der Waals surface area contributed by atoms with Gasteiger partial charge < -0.3 is 9.32 Å². The summed E-state index contributed by atoms with van der Waals surface area (Å²) in [7, 11) is 0. The molecule has 0 saturated carbocycles. The highest BCUT2D eigenvalue weighted by atomic mass is 16.3. The van der Waals surface area contributed by atoms with E-state index in [1.165, 1.54) is 0 Å². The lowest BCUT2D eigenvalue weighted by atomic mass is 9.97. The standard InChI is InChI=1S/C50H29N7O/c51-27-38-28-54-49-42-3-1-2-4-47(42)58-50(49)48(38)37-6-5-36-26-41(18-11-35(36)25-37)57(39-14-7-31(8-15-39)43-19-12-33-21-23-52-29-45(33)55-43)40-16-9-32(10-17-40)44-20-13-34-22-24-53-30-46(34)56-44/h1-26,28-30H. The highest BCUT2D eigenvalue weighted by Gasteiger charge is 2.19. The lowest BCUT2D eigenvalue weighted by Crippen LogP contribution is -2.10. The predicted molar refractivity (Wildman–Crippen MR) is 231 cm³/mol. The minimum atomic E-state index is 0.465. The summed E-state index contributed by atoms with van der Waals surface area (Å²) in [5, 5.41) is 15.3. The van der Waals surface area contributed by atoms with E-state index in [4.69, 9.17) is 14.4 Å². The Hall–Kier alpha value is -8.28. The minimum absolute atomic E-state index is 0.465. The molecule has 0 aliphatic rings. The Morgan fingerprint density at radius 2 is 1.09 bits per heavy atom. The van der Waals surface area contributed by atoms with E-state index < -0.39 is 0 Å². The molecular weight excluding hydrogens is 715 g/mol. The number of hydrogen-bond acceptors (Lipinski definition) is 8. The van der Waals surface area contributed by atoms with Crippen LogP contribution in [0.1, 0.15) is 5.56 Å². The Labute approximate surface area is 332 Å². The maximum absolute atomic E-state index is 10.1. The van der Waals surface area contributed by atoms with Crippen molar-refractivity contribution in [3.8, 4) is 39.7 Å². The predicted octanol–water partition coefficient (Wildman–Crippen LogP) is 12.4. The molecule has 0 amide bonds. The first-order valence-corrected chi connectivity index (χ1v) is 18.8. The normalized spacial score (nSPS) is 11.4. The molecule has 0 aliphatic heterocycles. The summed E-state index contributed by atoms with van der Waals surface area (Å²) in [6.45, 7) is 0. The van der Waals surface area contributed by atoms with Gasteiger partial charge in [-0.2, -0.15) is 5.26 Å². The molecule has 0 saturated heterocycles. The first-order chi connectivity index (χ1) is 28.7. The zero-order chi connectivity index (χ0) is 38.6. The molecule has 270 valence electrons. The zero-order valence-electron chi connectivity index (χ0n) is 30.8. The van der Waals surface area contributed by atoms with Crippen LogP contribution < -0.4 is 4.90 Å². The van der Waals surface area contributed by atoms with E-state index in [1.54, 1.807) is 31.0 Å². The fourth-order valence-electron chi connectivity index (χ4n) is 7.81. The Bertz CT molecular complexity index is 3300. The maximum atomic E-state index is 10.1. The molecule has 11 rings (SSSR count). The summed E-state index contributed by atoms with van der Waals surface area (Å²) in [6, 6.07) is 52.1. The van der Waals surface area contributed by atoms with Crippen LogP contribution in [0, 0.1) is 11.3 Å². The molecule has 0 spiro atoms. The largest absolute Gasteiger partial charge is 0.454 e. The summed E-state index contributed by atoms with van der Waals surface area (Å²) >= 11 is 0. The van der Waals surface area contributed by atoms with Gasteiger partial charge in [-0.05, 0) is 95.2 Å². The minimum Gasteiger partial charge on any atom is -0.454 e. The van der Waals surface area contributed by atoms with E-state index in [0.717, 1.165) is 99.8 Å². The smallest absolute Gasteiger partial charge is 0.163 e. The topological polar surface area (TPSA) is 105 Å². The number of benzene rings is 5. The van der Waals surface area contributed by atoms with Crippen LogP contribution in [0.2, 0.25) is 0 Å². The van der Waals surface area contributed by atoms with E-state index in [-0.39, 0.29) is 0 Å². The van der Waals surface area contributed by atoms with Crippen LogP contribution in [0.15, 0.2) is 181 Å². The molecular formula is C50H29N7O. The quantitative estimate of drug-likeness (QED) is 0.166. The van der Waals surface area contributed by atoms with Crippen molar-refractivity contribution in [1.82, 2.24) is 24.9 Å². The first-order valence-electron chi connectivity index (χ1n) is 18.8. The lowest BCUT2D eigenvalue weighted by Gasteiger charge is -2.26. The van der Waals surface area contributed by atoms with Crippen LogP contribution in [0.25, 0.3) is 88.3 Å². The average molecular weight is 744 g/mol. The number of pyridine rings is 5. The molecule has 0 aliphatic carbocycles. The van der Waals surface area contributed by atoms with Crippen LogP contribution in [0.3, 0.4) is 0 Å². The number of para-hydroxylation sites is 1. The van der Waals surface area contributed by atoms with Gasteiger partial charge in [-0.3, -0.25) is 15.0 Å². The molecule has 6 aromatic heterocycles. The van der Waals surface area contributed by atoms with Crippen molar-refractivity contribution >= 4 is 71.7 Å². The molecule has 0 fully saturated rings. The highest BCUT2D eigenvalue weighted by Crippen LogP contribution is 2.41. The van der Waals surface area contributed by atoms with Crippen molar-refractivity contribution in [3.63, 3.8) is 0 Å². The number of hydrogen-bond donors (Lipinski definition) is 0. The fraction of sp³-hybridized carbons (Fsp3) is 0. The van der Waals surface area contributed by atoms with E-state index in [9.17, 15) is 5.26 Å². The van der Waals surface area contributed by atoms with E-state index in [2.05, 4.69) is 123 Å². The third kappa shape index (κ3) is 5.65. The van der Waals surface area contributed by atoms with Crippen molar-refractivity contribution in [2.75, 3.05) is 4.90 Å². The number of fused-ring (bicyclic) bond motifs is 6. The van der Waals surface area contributed by atoms with E-state index in [1.807, 2.05) is 48.5 Å². The molecule has 8 heteroatoms. The van der Waals surface area contributed by atoms with Gasteiger partial charge in [-0.1, -0.05) is 66.7 Å². The number of furan rings is 1. The zero-order valence-corrected chi connectivity index (χ0v) is 30.8. The summed E-state index contributed by atoms with van der Waals surface area (Å²) < 4.78 is 6.32. The van der Waals surface area contributed by atoms with E-state index in [0.29, 0.717) is 11.1 Å². The van der Waals surface area contributed by atoms with Crippen LogP contribution >= 0.6 is 0 Å². The van der Waals surface area contributed by atoms with Gasteiger partial charge in [0.2, 0.25) is 0 Å². The van der Waals surface area contributed by atoms with Gasteiger partial charge in [-0.15, -0.1) is 0 Å². The van der Waals surface area contributed by atoms with Crippen LogP contribution in [-0.4, -0.2) is 24.9 Å². The maximum Gasteiger partial charge on any atom is 0.163 e. The van der Waals surface area contributed by atoms with Crippen LogP contribution in [-0.2, 0) is 0 Å². The third-order valence-electron chi connectivity index (χ3n) is 10.7. The molecule has 0 N–H and O–H groups in total. The van der Waals surface area contributed by atoms with Crippen LogP contribution in [0.5, 0.6) is 0 Å². The van der Waals surface area contributed by atoms with Crippen molar-refractivity contribution in [2.24, 2.45) is 0 Å². The number of anilines is 3. The monoisotopic (exact) mass is 743 g/mol. The number of aromatic nitrogens is 5. The molecule has 58 heavy (non-hydrogen) atoms. The molecule has 5 aromatic carbocycles. The number of nitriles is 1. The van der Waals surface area contributed by atoms with Gasteiger partial charge in [-0.25, -0.2) is 9.97 Å². The highest BCUT2D eigenvalue weighted by molar-refractivity contribution is 6.09. The Morgan fingerprint density at radius 1 is 0.517 bits per heavy atom. The lowest BCUT2D eigenvalue weighted by molar-refractivity contribution is 0.669. The Kier molecular flexibility index (Phi) is 7.69. The van der Waals surface area contributed by atoms with E-state index >= 15 is 0 Å². The van der Waals surface area contributed by atoms with Gasteiger partial charge in [0.15, 0.2) is 5.58 Å². The molecule has 0 bridgehead atoms. The summed E-state index contributed by atoms with van der Waals surface area (Å²) in [4.78, 5) is 25.2. The average Bonchev–Trinajstić information content (AvgIpc) is 3.67. The van der Waals surface area contributed by atoms with Crippen LogP contribution in [0.4, 0.5) is 17.1 Å². The second kappa shape index (κ2) is 13.5.